The Balaban J connectivity index is 1.34. The summed E-state index contributed by atoms with van der Waals surface area (Å²) in [6.07, 6.45) is 11.9. The van der Waals surface area contributed by atoms with E-state index >= 15 is 0 Å². The van der Waals surface area contributed by atoms with E-state index in [2.05, 4.69) is 51.1 Å². The molecule has 0 bridgehead atoms. The van der Waals surface area contributed by atoms with E-state index in [1.807, 2.05) is 6.20 Å². The molecule has 3 fully saturated rings. The van der Waals surface area contributed by atoms with Crippen molar-refractivity contribution in [2.24, 2.45) is 5.73 Å². The number of anilines is 3. The van der Waals surface area contributed by atoms with Gasteiger partial charge < -0.3 is 20.4 Å². The van der Waals surface area contributed by atoms with Gasteiger partial charge >= 0.3 is 0 Å². The summed E-state index contributed by atoms with van der Waals surface area (Å²) in [5.74, 6) is 1.18. The molecule has 2 N–H and O–H groups in total. The van der Waals surface area contributed by atoms with Gasteiger partial charge in [0.25, 0.3) is 0 Å². The first-order valence-corrected chi connectivity index (χ1v) is 12.4. The van der Waals surface area contributed by atoms with Gasteiger partial charge in [0.05, 0.1) is 12.1 Å². The fourth-order valence-corrected chi connectivity index (χ4v) is 5.90. The first-order chi connectivity index (χ1) is 15.3. The van der Waals surface area contributed by atoms with Gasteiger partial charge in [-0.05, 0) is 81.7 Å². The molecule has 2 unspecified atom stereocenters. The zero-order valence-electron chi connectivity index (χ0n) is 18.8. The van der Waals surface area contributed by atoms with Crippen molar-refractivity contribution in [2.45, 2.75) is 63.5 Å². The van der Waals surface area contributed by atoms with Crippen molar-refractivity contribution >= 4 is 17.2 Å². The number of rotatable bonds is 6. The van der Waals surface area contributed by atoms with Crippen LogP contribution in [0, 0.1) is 0 Å². The highest BCUT2D eigenvalue weighted by Gasteiger charge is 2.41. The second kappa shape index (κ2) is 9.47. The van der Waals surface area contributed by atoms with E-state index in [0.717, 1.165) is 32.5 Å². The van der Waals surface area contributed by atoms with Crippen molar-refractivity contribution in [1.82, 2.24) is 4.98 Å². The lowest BCUT2D eigenvalue weighted by Crippen LogP contribution is -2.50. The molecule has 5 rings (SSSR count). The van der Waals surface area contributed by atoms with Gasteiger partial charge in [-0.25, -0.2) is 4.98 Å². The van der Waals surface area contributed by atoms with Crippen LogP contribution in [0.4, 0.5) is 17.2 Å². The van der Waals surface area contributed by atoms with Crippen LogP contribution in [0.25, 0.3) is 0 Å². The summed E-state index contributed by atoms with van der Waals surface area (Å²) in [7, 11) is 0. The van der Waals surface area contributed by atoms with Crippen molar-refractivity contribution in [1.29, 1.82) is 0 Å². The summed E-state index contributed by atoms with van der Waals surface area (Å²) >= 11 is 0. The Labute approximate surface area is 187 Å². The maximum Gasteiger partial charge on any atom is 0.130 e. The summed E-state index contributed by atoms with van der Waals surface area (Å²) in [4.78, 5) is 12.6. The first-order valence-electron chi connectivity index (χ1n) is 12.4. The molecule has 0 saturated carbocycles. The highest BCUT2D eigenvalue weighted by atomic mass is 15.3. The average Bonchev–Trinajstić information content (AvgIpc) is 3.28. The van der Waals surface area contributed by atoms with Crippen molar-refractivity contribution in [3.8, 4) is 0 Å². The molecule has 166 valence electrons. The topological polar surface area (TPSA) is 48.6 Å². The third kappa shape index (κ3) is 4.38. The smallest absolute Gasteiger partial charge is 0.130 e. The molecule has 31 heavy (non-hydrogen) atoms. The van der Waals surface area contributed by atoms with Crippen LogP contribution in [0.5, 0.6) is 0 Å². The molecule has 1 aromatic heterocycles. The van der Waals surface area contributed by atoms with Crippen LogP contribution in [0.3, 0.4) is 0 Å². The fraction of sp³-hybridized carbons (Fsp3) is 0.577. The van der Waals surface area contributed by atoms with E-state index in [9.17, 15) is 0 Å². The van der Waals surface area contributed by atoms with Crippen LogP contribution >= 0.6 is 0 Å². The van der Waals surface area contributed by atoms with Crippen LogP contribution < -0.4 is 20.4 Å². The normalized spacial score (nSPS) is 23.8. The Hall–Kier alpha value is -2.27. The second-order valence-corrected chi connectivity index (χ2v) is 9.43. The zero-order valence-corrected chi connectivity index (χ0v) is 18.8. The maximum absolute atomic E-state index is 5.73. The van der Waals surface area contributed by atoms with Crippen molar-refractivity contribution in [3.05, 3.63) is 48.2 Å². The lowest BCUT2D eigenvalue weighted by Gasteiger charge is -2.42. The number of hydrogen-bond acceptors (Lipinski definition) is 5. The molecule has 2 atom stereocenters. The molecule has 1 aromatic carbocycles. The first kappa shape index (κ1) is 20.6. The number of hydrogen-bond donors (Lipinski definition) is 1. The Morgan fingerprint density at radius 1 is 0.839 bits per heavy atom. The average molecular weight is 420 g/mol. The van der Waals surface area contributed by atoms with Crippen LogP contribution in [0.1, 0.15) is 50.5 Å². The minimum atomic E-state index is 0.561. The molecule has 4 heterocycles. The van der Waals surface area contributed by atoms with Gasteiger partial charge in [-0.1, -0.05) is 12.1 Å². The third-order valence-corrected chi connectivity index (χ3v) is 7.47. The Morgan fingerprint density at radius 2 is 1.71 bits per heavy atom. The summed E-state index contributed by atoms with van der Waals surface area (Å²) in [6.45, 7) is 5.40. The van der Waals surface area contributed by atoms with Crippen molar-refractivity contribution in [2.75, 3.05) is 47.4 Å². The number of aromatic nitrogens is 1. The number of nitrogens with zero attached hydrogens (tertiary/aromatic N) is 4. The number of nitrogens with two attached hydrogens (primary N) is 1. The Bertz CT molecular complexity index is 862. The molecule has 0 amide bonds. The minimum absolute atomic E-state index is 0.561. The molecule has 0 spiro atoms. The summed E-state index contributed by atoms with van der Waals surface area (Å²) < 4.78 is 0. The lowest BCUT2D eigenvalue weighted by molar-refractivity contribution is 0.433. The molecule has 3 saturated heterocycles. The van der Waals surface area contributed by atoms with Crippen molar-refractivity contribution in [3.63, 3.8) is 0 Å². The van der Waals surface area contributed by atoms with E-state index in [1.54, 1.807) is 0 Å². The van der Waals surface area contributed by atoms with Crippen molar-refractivity contribution < 1.29 is 0 Å². The van der Waals surface area contributed by atoms with Crippen LogP contribution in [0.15, 0.2) is 42.6 Å². The van der Waals surface area contributed by atoms with Gasteiger partial charge in [0.2, 0.25) is 0 Å². The predicted molar refractivity (Wildman–Crippen MR) is 130 cm³/mol. The van der Waals surface area contributed by atoms with Crippen LogP contribution in [0.2, 0.25) is 0 Å². The van der Waals surface area contributed by atoms with Crippen LogP contribution in [-0.2, 0) is 6.42 Å². The van der Waals surface area contributed by atoms with E-state index in [0.29, 0.717) is 12.1 Å². The summed E-state index contributed by atoms with van der Waals surface area (Å²) in [6, 6.07) is 14.9. The third-order valence-electron chi connectivity index (χ3n) is 7.47. The van der Waals surface area contributed by atoms with Gasteiger partial charge in [0.15, 0.2) is 0 Å². The van der Waals surface area contributed by atoms with Gasteiger partial charge in [-0.15, -0.1) is 0 Å². The lowest BCUT2D eigenvalue weighted by atomic mass is 9.95. The Kier molecular flexibility index (Phi) is 6.30. The minimum Gasteiger partial charge on any atom is -0.371 e. The Morgan fingerprint density at radius 3 is 2.58 bits per heavy atom. The summed E-state index contributed by atoms with van der Waals surface area (Å²) in [5, 5.41) is 0. The quantitative estimate of drug-likeness (QED) is 0.760. The number of pyridine rings is 1. The predicted octanol–water partition coefficient (Wildman–Crippen LogP) is 4.21. The fourth-order valence-electron chi connectivity index (χ4n) is 5.90. The maximum atomic E-state index is 5.73. The SMILES string of the molecule is NCCCc1cccc(N2CCCC3C2CCN3c2cc(N3CCCCC3)ccn2)c1. The number of fused-ring (bicyclic) bond motifs is 1. The largest absolute Gasteiger partial charge is 0.371 e. The van der Waals surface area contributed by atoms with E-state index in [1.165, 1.54) is 74.4 Å². The number of aryl methyl sites for hydroxylation is 1. The molecule has 3 aliphatic heterocycles. The molecule has 3 aliphatic rings. The van der Waals surface area contributed by atoms with E-state index < -0.39 is 0 Å². The molecule has 0 aliphatic carbocycles. The van der Waals surface area contributed by atoms with Gasteiger partial charge in [0.1, 0.15) is 5.82 Å². The monoisotopic (exact) mass is 419 g/mol. The van der Waals surface area contributed by atoms with Gasteiger partial charge in [-0.2, -0.15) is 0 Å². The molecule has 5 nitrogen and oxygen atoms in total. The van der Waals surface area contributed by atoms with E-state index in [4.69, 9.17) is 10.7 Å². The zero-order chi connectivity index (χ0) is 21.0. The molecular formula is C26H37N5. The second-order valence-electron chi connectivity index (χ2n) is 9.43. The van der Waals surface area contributed by atoms with Crippen LogP contribution in [-0.4, -0.2) is 49.8 Å². The number of piperidine rings is 2. The highest BCUT2D eigenvalue weighted by Crippen LogP contribution is 2.37. The summed E-state index contributed by atoms with van der Waals surface area (Å²) in [5.41, 5.74) is 9.89. The molecular weight excluding hydrogens is 382 g/mol. The van der Waals surface area contributed by atoms with Gasteiger partial charge in [-0.3, -0.25) is 0 Å². The van der Waals surface area contributed by atoms with Gasteiger partial charge in [0, 0.05) is 49.8 Å². The molecule has 5 heteroatoms. The molecule has 0 radical (unpaired) electrons. The molecule has 2 aromatic rings. The standard InChI is InChI=1S/C26H37N5/c27-13-5-8-21-7-4-9-23(19-21)30-17-6-10-24-25(30)12-18-31(24)26-20-22(11-14-28-26)29-15-2-1-3-16-29/h4,7,9,11,14,19-20,24-25H,1-3,5-6,8,10,12-13,15-18,27H2. The van der Waals surface area contributed by atoms with E-state index in [-0.39, 0.29) is 0 Å². The number of benzene rings is 1. The highest BCUT2D eigenvalue weighted by molar-refractivity contribution is 5.58.